The van der Waals surface area contributed by atoms with Crippen molar-refractivity contribution in [2.75, 3.05) is 0 Å². The minimum atomic E-state index is -0.973. The predicted molar refractivity (Wildman–Crippen MR) is 114 cm³/mol. The van der Waals surface area contributed by atoms with Crippen LogP contribution in [0.2, 0.25) is 0 Å². The van der Waals surface area contributed by atoms with Gasteiger partial charge < -0.3 is 14.6 Å². The van der Waals surface area contributed by atoms with Gasteiger partial charge in [-0.15, -0.1) is 10.2 Å². The van der Waals surface area contributed by atoms with Gasteiger partial charge in [-0.25, -0.2) is 4.79 Å². The van der Waals surface area contributed by atoms with Crippen LogP contribution in [0.5, 0.6) is 5.75 Å². The second kappa shape index (κ2) is 6.67. The van der Waals surface area contributed by atoms with Gasteiger partial charge in [0.2, 0.25) is 11.8 Å². The number of phenols is 1. The molecule has 6 heteroatoms. The molecule has 0 atom stereocenters. The van der Waals surface area contributed by atoms with E-state index >= 15 is 0 Å². The van der Waals surface area contributed by atoms with Crippen LogP contribution in [0.3, 0.4) is 0 Å². The van der Waals surface area contributed by atoms with E-state index in [-0.39, 0.29) is 11.0 Å². The van der Waals surface area contributed by atoms with Gasteiger partial charge in [0.25, 0.3) is 0 Å². The first-order valence-corrected chi connectivity index (χ1v) is 11.0. The van der Waals surface area contributed by atoms with E-state index in [1.165, 1.54) is 50.7 Å². The minimum Gasteiger partial charge on any atom is -0.508 e. The van der Waals surface area contributed by atoms with Crippen LogP contribution in [0.25, 0.3) is 22.9 Å². The number of phenolic OH excluding ortho intramolecular Hbond substituents is 1. The van der Waals surface area contributed by atoms with E-state index in [1.54, 1.807) is 18.2 Å². The summed E-state index contributed by atoms with van der Waals surface area (Å²) in [6.07, 6.45) is 7.57. The number of benzene rings is 2. The van der Waals surface area contributed by atoms with Crippen molar-refractivity contribution < 1.29 is 19.4 Å². The molecule has 4 bridgehead atoms. The average molecular weight is 416 g/mol. The van der Waals surface area contributed by atoms with E-state index in [4.69, 9.17) is 9.52 Å². The highest BCUT2D eigenvalue weighted by atomic mass is 16.4. The largest absolute Gasteiger partial charge is 0.508 e. The van der Waals surface area contributed by atoms with E-state index in [2.05, 4.69) is 10.2 Å². The average Bonchev–Trinajstić information content (AvgIpc) is 3.23. The predicted octanol–water partition coefficient (Wildman–Crippen LogP) is 5.28. The normalized spacial score (nSPS) is 28.7. The molecule has 6 nitrogen and oxygen atoms in total. The number of rotatable bonds is 4. The Morgan fingerprint density at radius 2 is 1.42 bits per heavy atom. The number of nitrogens with zero attached hydrogens (tertiary/aromatic N) is 2. The number of hydrogen-bond acceptors (Lipinski definition) is 5. The maximum Gasteiger partial charge on any atom is 0.335 e. The minimum absolute atomic E-state index is 0.0738. The molecule has 3 aromatic rings. The van der Waals surface area contributed by atoms with Gasteiger partial charge >= 0.3 is 5.97 Å². The van der Waals surface area contributed by atoms with Crippen molar-refractivity contribution in [1.29, 1.82) is 0 Å². The molecule has 2 aromatic carbocycles. The molecule has 1 aromatic heterocycles. The highest BCUT2D eigenvalue weighted by Crippen LogP contribution is 2.62. The van der Waals surface area contributed by atoms with Crippen LogP contribution in [0.4, 0.5) is 0 Å². The zero-order chi connectivity index (χ0) is 21.2. The quantitative estimate of drug-likeness (QED) is 0.601. The molecule has 4 saturated carbocycles. The monoisotopic (exact) mass is 416 g/mol. The molecule has 158 valence electrons. The molecule has 31 heavy (non-hydrogen) atoms. The summed E-state index contributed by atoms with van der Waals surface area (Å²) in [7, 11) is 0. The Kier molecular flexibility index (Phi) is 4.01. The maximum absolute atomic E-state index is 11.1. The SMILES string of the molecule is O=C(O)c1ccc(-c2nnc(-c3ccc(O)c(C45CC6CC(CC(C6)C4)C5)c3)o2)cc1. The molecule has 1 heterocycles. The standard InChI is InChI=1S/C25H24N2O4/c28-21-6-5-19(10-20(21)25-11-14-7-15(12-25)9-16(8-14)13-25)23-27-26-22(31-23)17-1-3-18(4-2-17)24(29)30/h1-6,10,14-16,28H,7-9,11-13H2,(H,29,30). The fourth-order valence-electron chi connectivity index (χ4n) is 6.75. The van der Waals surface area contributed by atoms with Crippen molar-refractivity contribution in [1.82, 2.24) is 10.2 Å². The molecule has 7 rings (SSSR count). The van der Waals surface area contributed by atoms with Crippen molar-refractivity contribution in [3.8, 4) is 28.7 Å². The van der Waals surface area contributed by atoms with Crippen molar-refractivity contribution in [2.24, 2.45) is 17.8 Å². The van der Waals surface area contributed by atoms with E-state index < -0.39 is 5.97 Å². The second-order valence-corrected chi connectivity index (χ2v) is 9.72. The first-order valence-electron chi connectivity index (χ1n) is 11.0. The summed E-state index contributed by atoms with van der Waals surface area (Å²) in [6, 6.07) is 12.0. The fourth-order valence-corrected chi connectivity index (χ4v) is 6.75. The van der Waals surface area contributed by atoms with Gasteiger partial charge in [0, 0.05) is 16.7 Å². The van der Waals surface area contributed by atoms with Gasteiger partial charge in [-0.05, 0) is 104 Å². The smallest absolute Gasteiger partial charge is 0.335 e. The molecular weight excluding hydrogens is 392 g/mol. The zero-order valence-electron chi connectivity index (χ0n) is 17.1. The number of hydrogen-bond donors (Lipinski definition) is 2. The fraction of sp³-hybridized carbons (Fsp3) is 0.400. The van der Waals surface area contributed by atoms with Gasteiger partial charge in [-0.3, -0.25) is 0 Å². The Hall–Kier alpha value is -3.15. The molecule has 0 amide bonds. The highest BCUT2D eigenvalue weighted by molar-refractivity contribution is 5.88. The summed E-state index contributed by atoms with van der Waals surface area (Å²) >= 11 is 0. The molecule has 0 aliphatic heterocycles. The van der Waals surface area contributed by atoms with Crippen LogP contribution in [0.15, 0.2) is 46.9 Å². The van der Waals surface area contributed by atoms with Gasteiger partial charge in [0.15, 0.2) is 0 Å². The topological polar surface area (TPSA) is 96.5 Å². The van der Waals surface area contributed by atoms with Crippen LogP contribution in [-0.4, -0.2) is 26.4 Å². The Bertz CT molecular complexity index is 1130. The van der Waals surface area contributed by atoms with Crippen LogP contribution >= 0.6 is 0 Å². The van der Waals surface area contributed by atoms with Gasteiger partial charge in [0.05, 0.1) is 5.56 Å². The number of carboxylic acids is 1. The van der Waals surface area contributed by atoms with E-state index in [0.29, 0.717) is 23.1 Å². The molecular formula is C25H24N2O4. The zero-order valence-corrected chi connectivity index (χ0v) is 17.1. The summed E-state index contributed by atoms with van der Waals surface area (Å²) in [5.74, 6) is 2.52. The number of aromatic hydroxyl groups is 1. The van der Waals surface area contributed by atoms with E-state index in [0.717, 1.165) is 28.9 Å². The Morgan fingerprint density at radius 1 is 0.871 bits per heavy atom. The Balaban J connectivity index is 1.34. The molecule has 0 unspecified atom stereocenters. The third-order valence-corrected chi connectivity index (χ3v) is 7.66. The summed E-state index contributed by atoms with van der Waals surface area (Å²) in [5, 5.41) is 28.2. The molecule has 0 saturated heterocycles. The lowest BCUT2D eigenvalue weighted by Gasteiger charge is -2.57. The third-order valence-electron chi connectivity index (χ3n) is 7.66. The lowest BCUT2D eigenvalue weighted by molar-refractivity contribution is -0.00611. The number of carbonyl (C=O) groups is 1. The van der Waals surface area contributed by atoms with Crippen LogP contribution in [-0.2, 0) is 5.41 Å². The molecule has 2 N–H and O–H groups in total. The lowest BCUT2D eigenvalue weighted by Crippen LogP contribution is -2.48. The Morgan fingerprint density at radius 3 is 2.00 bits per heavy atom. The molecule has 0 spiro atoms. The van der Waals surface area contributed by atoms with Crippen molar-refractivity contribution in [2.45, 2.75) is 43.9 Å². The summed E-state index contributed by atoms with van der Waals surface area (Å²) in [4.78, 5) is 11.1. The summed E-state index contributed by atoms with van der Waals surface area (Å²) < 4.78 is 5.92. The van der Waals surface area contributed by atoms with Gasteiger partial charge in [-0.1, -0.05) is 0 Å². The van der Waals surface area contributed by atoms with Crippen LogP contribution < -0.4 is 0 Å². The molecule has 4 aliphatic rings. The number of aromatic carboxylic acids is 1. The summed E-state index contributed by atoms with van der Waals surface area (Å²) in [5.41, 5.74) is 2.80. The molecule has 0 radical (unpaired) electrons. The lowest BCUT2D eigenvalue weighted by atomic mass is 9.48. The van der Waals surface area contributed by atoms with Gasteiger partial charge in [0.1, 0.15) is 5.75 Å². The molecule has 4 aliphatic carbocycles. The third kappa shape index (κ3) is 3.04. The van der Waals surface area contributed by atoms with Gasteiger partial charge in [-0.2, -0.15) is 0 Å². The Labute approximate surface area is 179 Å². The first kappa shape index (κ1) is 18.6. The number of carboxylic acid groups (broad SMARTS) is 1. The van der Waals surface area contributed by atoms with E-state index in [1.807, 2.05) is 12.1 Å². The maximum atomic E-state index is 11.1. The second-order valence-electron chi connectivity index (χ2n) is 9.72. The first-order chi connectivity index (χ1) is 15.0. The van der Waals surface area contributed by atoms with Crippen molar-refractivity contribution in [3.63, 3.8) is 0 Å². The van der Waals surface area contributed by atoms with Crippen molar-refractivity contribution >= 4 is 5.97 Å². The van der Waals surface area contributed by atoms with Crippen LogP contribution in [0.1, 0.15) is 54.4 Å². The van der Waals surface area contributed by atoms with Crippen LogP contribution in [0, 0.1) is 17.8 Å². The summed E-state index contributed by atoms with van der Waals surface area (Å²) in [6.45, 7) is 0. The molecule has 4 fully saturated rings. The van der Waals surface area contributed by atoms with Crippen molar-refractivity contribution in [3.05, 3.63) is 53.6 Å². The number of aromatic nitrogens is 2. The highest BCUT2D eigenvalue weighted by Gasteiger charge is 2.52. The van der Waals surface area contributed by atoms with E-state index in [9.17, 15) is 9.90 Å².